The maximum Gasteiger partial charge on any atom is 0.251 e. The molecule has 1 amide bonds. The largest absolute Gasteiger partial charge is 0.495 e. The van der Waals surface area contributed by atoms with Crippen LogP contribution in [0.3, 0.4) is 0 Å². The number of benzene rings is 1. The fourth-order valence-corrected chi connectivity index (χ4v) is 3.89. The summed E-state index contributed by atoms with van der Waals surface area (Å²) in [6, 6.07) is 5.10. The Morgan fingerprint density at radius 1 is 1.32 bits per heavy atom. The van der Waals surface area contributed by atoms with Crippen molar-refractivity contribution < 1.29 is 19.0 Å². The van der Waals surface area contributed by atoms with Gasteiger partial charge in [0.05, 0.1) is 37.6 Å². The molecule has 1 atom stereocenters. The number of aryl methyl sites for hydroxylation is 1. The molecule has 0 aliphatic carbocycles. The maximum absolute atomic E-state index is 12.0. The average Bonchev–Trinajstić information content (AvgIpc) is 3.60. The summed E-state index contributed by atoms with van der Waals surface area (Å²) in [5.41, 5.74) is 3.54. The minimum absolute atomic E-state index is 0.0935. The molecule has 4 aromatic rings. The summed E-state index contributed by atoms with van der Waals surface area (Å²) in [6.07, 6.45) is 6.28. The van der Waals surface area contributed by atoms with Gasteiger partial charge in [0.25, 0.3) is 5.91 Å². The van der Waals surface area contributed by atoms with Gasteiger partial charge in [-0.1, -0.05) is 0 Å². The van der Waals surface area contributed by atoms with Crippen molar-refractivity contribution in [1.29, 1.82) is 0 Å². The van der Waals surface area contributed by atoms with Gasteiger partial charge in [-0.05, 0) is 18.2 Å². The molecule has 11 heteroatoms. The van der Waals surface area contributed by atoms with Crippen LogP contribution < -0.4 is 20.1 Å². The van der Waals surface area contributed by atoms with Crippen LogP contribution in [-0.2, 0) is 11.8 Å². The number of hydrogen-bond acceptors (Lipinski definition) is 8. The van der Waals surface area contributed by atoms with Crippen molar-refractivity contribution in [2.24, 2.45) is 7.05 Å². The van der Waals surface area contributed by atoms with E-state index in [0.29, 0.717) is 47.7 Å². The summed E-state index contributed by atoms with van der Waals surface area (Å²) in [7, 11) is 4.99. The van der Waals surface area contributed by atoms with Gasteiger partial charge in [0.1, 0.15) is 17.5 Å². The van der Waals surface area contributed by atoms with Crippen LogP contribution in [0, 0.1) is 0 Å². The standard InChI is InChI=1S/C23H25N7O4/c1-24-21(31)13-4-5-17(18(8-13)32-3)27-23-28-20-19(22(29-23)34-15-6-7-33-12-15)16(10-25-20)14-9-26-30(2)11-14/h4-5,8-11,15H,6-7,12H2,1-3H3,(H,24,31)(H2,25,27,28,29)/t15-/m0/s1. The first-order valence-electron chi connectivity index (χ1n) is 10.9. The summed E-state index contributed by atoms with van der Waals surface area (Å²) in [5, 5.41) is 10.8. The highest BCUT2D eigenvalue weighted by atomic mass is 16.5. The molecule has 3 aromatic heterocycles. The fourth-order valence-electron chi connectivity index (χ4n) is 3.89. The molecule has 0 radical (unpaired) electrons. The average molecular weight is 463 g/mol. The van der Waals surface area contributed by atoms with Crippen LogP contribution in [0.15, 0.2) is 36.8 Å². The quantitative estimate of drug-likeness (QED) is 0.382. The van der Waals surface area contributed by atoms with Crippen LogP contribution >= 0.6 is 0 Å². The molecule has 1 aromatic carbocycles. The Labute approximate surface area is 195 Å². The number of carbonyl (C=O) groups excluding carboxylic acids is 1. The van der Waals surface area contributed by atoms with Gasteiger partial charge >= 0.3 is 0 Å². The number of H-pyrrole nitrogens is 1. The van der Waals surface area contributed by atoms with Crippen LogP contribution in [0.4, 0.5) is 11.6 Å². The van der Waals surface area contributed by atoms with E-state index in [2.05, 4.69) is 25.7 Å². The third kappa shape index (κ3) is 4.13. The minimum Gasteiger partial charge on any atom is -0.495 e. The molecular formula is C23H25N7O4. The zero-order chi connectivity index (χ0) is 23.7. The molecule has 11 nitrogen and oxygen atoms in total. The van der Waals surface area contributed by atoms with Crippen LogP contribution in [0.2, 0.25) is 0 Å². The van der Waals surface area contributed by atoms with Crippen molar-refractivity contribution in [2.75, 3.05) is 32.7 Å². The molecule has 0 unspecified atom stereocenters. The minimum atomic E-state index is -0.202. The summed E-state index contributed by atoms with van der Waals surface area (Å²) in [6.45, 7) is 1.16. The molecule has 0 bridgehead atoms. The van der Waals surface area contributed by atoms with E-state index in [1.54, 1.807) is 36.1 Å². The first-order valence-corrected chi connectivity index (χ1v) is 10.9. The van der Waals surface area contributed by atoms with Gasteiger partial charge in [-0.3, -0.25) is 9.48 Å². The van der Waals surface area contributed by atoms with E-state index in [4.69, 9.17) is 19.2 Å². The normalized spacial score (nSPS) is 15.4. The molecule has 176 valence electrons. The Kier molecular flexibility index (Phi) is 5.76. The third-order valence-corrected chi connectivity index (χ3v) is 5.62. The Morgan fingerprint density at radius 2 is 2.21 bits per heavy atom. The lowest BCUT2D eigenvalue weighted by atomic mass is 10.1. The number of carbonyl (C=O) groups is 1. The summed E-state index contributed by atoms with van der Waals surface area (Å²) < 4.78 is 19.0. The van der Waals surface area contributed by atoms with E-state index in [1.165, 1.54) is 7.11 Å². The molecule has 34 heavy (non-hydrogen) atoms. The summed E-state index contributed by atoms with van der Waals surface area (Å²) >= 11 is 0. The number of aromatic amines is 1. The highest BCUT2D eigenvalue weighted by molar-refractivity contribution is 5.98. The number of ether oxygens (including phenoxy) is 3. The smallest absolute Gasteiger partial charge is 0.251 e. The SMILES string of the molecule is CNC(=O)c1ccc(Nc2nc(O[C@H]3CCOC3)c3c(-c4cnn(C)c4)c[nH]c3n2)c(OC)c1. The molecule has 0 saturated carbocycles. The van der Waals surface area contributed by atoms with Crippen LogP contribution in [0.5, 0.6) is 11.6 Å². The Hall–Kier alpha value is -4.12. The van der Waals surface area contributed by atoms with Gasteiger partial charge < -0.3 is 29.8 Å². The molecule has 1 fully saturated rings. The lowest BCUT2D eigenvalue weighted by Gasteiger charge is -2.15. The zero-order valence-corrected chi connectivity index (χ0v) is 19.1. The number of fused-ring (bicyclic) bond motifs is 1. The molecule has 0 spiro atoms. The Bertz CT molecular complexity index is 1340. The summed E-state index contributed by atoms with van der Waals surface area (Å²) in [5.74, 6) is 1.06. The predicted molar refractivity (Wildman–Crippen MR) is 126 cm³/mol. The lowest BCUT2D eigenvalue weighted by molar-refractivity contribution is 0.0963. The van der Waals surface area contributed by atoms with Crippen molar-refractivity contribution in [3.63, 3.8) is 0 Å². The van der Waals surface area contributed by atoms with Crippen molar-refractivity contribution >= 4 is 28.6 Å². The van der Waals surface area contributed by atoms with Crippen LogP contribution in [-0.4, -0.2) is 64.1 Å². The number of nitrogens with one attached hydrogen (secondary N) is 3. The van der Waals surface area contributed by atoms with Gasteiger partial charge in [0.15, 0.2) is 0 Å². The van der Waals surface area contributed by atoms with E-state index >= 15 is 0 Å². The van der Waals surface area contributed by atoms with Crippen LogP contribution in [0.1, 0.15) is 16.8 Å². The second-order valence-electron chi connectivity index (χ2n) is 7.90. The number of hydrogen-bond donors (Lipinski definition) is 3. The van der Waals surface area contributed by atoms with Gasteiger partial charge in [0.2, 0.25) is 11.8 Å². The number of methoxy groups -OCH3 is 1. The van der Waals surface area contributed by atoms with Crippen LogP contribution in [0.25, 0.3) is 22.2 Å². The maximum atomic E-state index is 12.0. The van der Waals surface area contributed by atoms with E-state index in [-0.39, 0.29) is 12.0 Å². The number of amides is 1. The van der Waals surface area contributed by atoms with Crippen molar-refractivity contribution in [1.82, 2.24) is 30.0 Å². The number of rotatable bonds is 7. The highest BCUT2D eigenvalue weighted by Gasteiger charge is 2.23. The molecule has 4 heterocycles. The van der Waals surface area contributed by atoms with Gasteiger partial charge in [-0.2, -0.15) is 15.1 Å². The summed E-state index contributed by atoms with van der Waals surface area (Å²) in [4.78, 5) is 24.6. The van der Waals surface area contributed by atoms with E-state index in [1.807, 2.05) is 19.4 Å². The molecule has 1 aliphatic heterocycles. The van der Waals surface area contributed by atoms with Crippen molar-refractivity contribution in [3.8, 4) is 22.8 Å². The topological polar surface area (TPSA) is 128 Å². The Balaban J connectivity index is 1.55. The fraction of sp³-hybridized carbons (Fsp3) is 0.304. The van der Waals surface area contributed by atoms with Gasteiger partial charge in [0, 0.05) is 49.6 Å². The van der Waals surface area contributed by atoms with Gasteiger partial charge in [-0.25, -0.2) is 0 Å². The lowest BCUT2D eigenvalue weighted by Crippen LogP contribution is -2.18. The number of nitrogens with zero attached hydrogens (tertiary/aromatic N) is 4. The number of anilines is 2. The number of aromatic nitrogens is 5. The third-order valence-electron chi connectivity index (χ3n) is 5.62. The van der Waals surface area contributed by atoms with E-state index in [0.717, 1.165) is 22.9 Å². The molecule has 1 aliphatic rings. The van der Waals surface area contributed by atoms with E-state index in [9.17, 15) is 4.79 Å². The highest BCUT2D eigenvalue weighted by Crippen LogP contribution is 2.36. The van der Waals surface area contributed by atoms with E-state index < -0.39 is 0 Å². The van der Waals surface area contributed by atoms with Gasteiger partial charge in [-0.15, -0.1) is 0 Å². The second-order valence-corrected chi connectivity index (χ2v) is 7.90. The van der Waals surface area contributed by atoms with Crippen molar-refractivity contribution in [2.45, 2.75) is 12.5 Å². The molecule has 5 rings (SSSR count). The second kappa shape index (κ2) is 9.02. The monoisotopic (exact) mass is 463 g/mol. The van der Waals surface area contributed by atoms with Crippen molar-refractivity contribution in [3.05, 3.63) is 42.4 Å². The first-order chi connectivity index (χ1) is 16.6. The zero-order valence-electron chi connectivity index (χ0n) is 19.1. The molecular weight excluding hydrogens is 438 g/mol. The molecule has 1 saturated heterocycles. The predicted octanol–water partition coefficient (Wildman–Crippen LogP) is 2.64. The molecule has 3 N–H and O–H groups in total. The Morgan fingerprint density at radius 3 is 2.91 bits per heavy atom. The first kappa shape index (κ1) is 21.7.